The number of benzene rings is 1. The summed E-state index contributed by atoms with van der Waals surface area (Å²) >= 11 is 0. The minimum absolute atomic E-state index is 0.00249. The van der Waals surface area contributed by atoms with Crippen LogP contribution in [-0.4, -0.2) is 49.4 Å². The Morgan fingerprint density at radius 2 is 2.10 bits per heavy atom. The summed E-state index contributed by atoms with van der Waals surface area (Å²) in [5.41, 5.74) is 6.45. The Hall–Kier alpha value is -1.90. The van der Waals surface area contributed by atoms with Crippen molar-refractivity contribution in [3.05, 3.63) is 35.1 Å². The molecule has 0 saturated carbocycles. The lowest BCUT2D eigenvalue weighted by Gasteiger charge is -2.22. The highest BCUT2D eigenvalue weighted by Gasteiger charge is 2.13. The maximum Gasteiger partial charge on any atom is 0.236 e. The molecule has 5 heteroatoms. The number of carbonyl (C=O) groups is 1. The molecule has 0 atom stereocenters. The van der Waals surface area contributed by atoms with Gasteiger partial charge in [0.05, 0.1) is 13.1 Å². The summed E-state index contributed by atoms with van der Waals surface area (Å²) in [5.74, 6) is 5.18. The van der Waals surface area contributed by atoms with Gasteiger partial charge in [0, 0.05) is 31.8 Å². The second-order valence-corrected chi connectivity index (χ2v) is 4.90. The quantitative estimate of drug-likeness (QED) is 0.825. The molecule has 0 fully saturated rings. The van der Waals surface area contributed by atoms with Gasteiger partial charge in [-0.1, -0.05) is 24.8 Å². The van der Waals surface area contributed by atoms with Crippen LogP contribution in [0.15, 0.2) is 18.2 Å². The Balaban J connectivity index is 2.79. The van der Waals surface area contributed by atoms with Crippen molar-refractivity contribution in [3.8, 4) is 11.8 Å². The van der Waals surface area contributed by atoms with Crippen LogP contribution in [0.3, 0.4) is 0 Å². The van der Waals surface area contributed by atoms with Gasteiger partial charge in [0.2, 0.25) is 5.91 Å². The van der Waals surface area contributed by atoms with Gasteiger partial charge >= 0.3 is 0 Å². The van der Waals surface area contributed by atoms with E-state index in [1.54, 1.807) is 26.2 Å². The van der Waals surface area contributed by atoms with Crippen LogP contribution < -0.4 is 5.73 Å². The van der Waals surface area contributed by atoms with Crippen molar-refractivity contribution in [1.82, 2.24) is 9.80 Å². The van der Waals surface area contributed by atoms with E-state index in [0.717, 1.165) is 0 Å². The van der Waals surface area contributed by atoms with E-state index in [0.29, 0.717) is 24.2 Å². The Bertz CT molecular complexity index is 546. The van der Waals surface area contributed by atoms with E-state index in [4.69, 9.17) is 5.73 Å². The molecule has 0 saturated heterocycles. The highest BCUT2D eigenvalue weighted by molar-refractivity contribution is 5.77. The number of rotatable bonds is 5. The van der Waals surface area contributed by atoms with Crippen molar-refractivity contribution < 1.29 is 9.18 Å². The van der Waals surface area contributed by atoms with Gasteiger partial charge in [-0.3, -0.25) is 9.69 Å². The minimum Gasteiger partial charge on any atom is -0.348 e. The summed E-state index contributed by atoms with van der Waals surface area (Å²) in [5, 5.41) is 0. The minimum atomic E-state index is -0.311. The third kappa shape index (κ3) is 5.54. The summed E-state index contributed by atoms with van der Waals surface area (Å²) in [6.45, 7) is 3.54. The first-order chi connectivity index (χ1) is 9.97. The molecular weight excluding hydrogens is 269 g/mol. The Kier molecular flexibility index (Phi) is 6.86. The van der Waals surface area contributed by atoms with Crippen molar-refractivity contribution in [3.63, 3.8) is 0 Å². The number of hydrogen-bond acceptors (Lipinski definition) is 3. The van der Waals surface area contributed by atoms with Crippen LogP contribution in [0.1, 0.15) is 18.1 Å². The van der Waals surface area contributed by atoms with Gasteiger partial charge in [-0.2, -0.15) is 0 Å². The van der Waals surface area contributed by atoms with E-state index in [1.807, 2.05) is 11.8 Å². The number of nitrogens with zero attached hydrogens (tertiary/aromatic N) is 2. The third-order valence-electron chi connectivity index (χ3n) is 3.09. The van der Waals surface area contributed by atoms with E-state index in [-0.39, 0.29) is 24.8 Å². The van der Waals surface area contributed by atoms with Gasteiger partial charge in [-0.15, -0.1) is 0 Å². The molecule has 0 aromatic heterocycles. The lowest BCUT2D eigenvalue weighted by atomic mass is 10.1. The van der Waals surface area contributed by atoms with Crippen LogP contribution in [0.2, 0.25) is 0 Å². The van der Waals surface area contributed by atoms with E-state index in [1.165, 1.54) is 11.0 Å². The van der Waals surface area contributed by atoms with Crippen LogP contribution in [0.5, 0.6) is 0 Å². The molecule has 0 radical (unpaired) electrons. The summed E-state index contributed by atoms with van der Waals surface area (Å²) in [4.78, 5) is 15.1. The number of hydrogen-bond donors (Lipinski definition) is 1. The molecule has 0 aliphatic heterocycles. The maximum atomic E-state index is 14.0. The molecule has 1 aromatic carbocycles. The average molecular weight is 291 g/mol. The van der Waals surface area contributed by atoms with Gasteiger partial charge < -0.3 is 10.6 Å². The highest BCUT2D eigenvalue weighted by Crippen LogP contribution is 2.12. The average Bonchev–Trinajstić information content (AvgIpc) is 2.46. The highest BCUT2D eigenvalue weighted by atomic mass is 19.1. The molecule has 0 unspecified atom stereocenters. The van der Waals surface area contributed by atoms with Crippen molar-refractivity contribution in [2.45, 2.75) is 13.5 Å². The summed E-state index contributed by atoms with van der Waals surface area (Å²) in [6.07, 6.45) is 0. The van der Waals surface area contributed by atoms with Crippen LogP contribution in [0.4, 0.5) is 4.39 Å². The van der Waals surface area contributed by atoms with Crippen LogP contribution in [-0.2, 0) is 11.3 Å². The topological polar surface area (TPSA) is 49.6 Å². The fourth-order valence-corrected chi connectivity index (χ4v) is 1.76. The Morgan fingerprint density at radius 1 is 1.38 bits per heavy atom. The molecule has 0 heterocycles. The van der Waals surface area contributed by atoms with E-state index in [2.05, 4.69) is 11.8 Å². The SMILES string of the molecule is CCN(CC(=O)N(C)C)Cc1ccc(C#CCN)cc1F. The molecule has 1 amide bonds. The molecule has 0 bridgehead atoms. The second kappa shape index (κ2) is 8.40. The van der Waals surface area contributed by atoms with E-state index in [9.17, 15) is 9.18 Å². The molecule has 0 spiro atoms. The first-order valence-electron chi connectivity index (χ1n) is 6.87. The summed E-state index contributed by atoms with van der Waals surface area (Å²) in [6, 6.07) is 4.88. The van der Waals surface area contributed by atoms with Crippen LogP contribution in [0.25, 0.3) is 0 Å². The van der Waals surface area contributed by atoms with Gasteiger partial charge in [0.15, 0.2) is 0 Å². The van der Waals surface area contributed by atoms with Gasteiger partial charge in [0.25, 0.3) is 0 Å². The largest absolute Gasteiger partial charge is 0.348 e. The van der Waals surface area contributed by atoms with Gasteiger partial charge in [0.1, 0.15) is 5.82 Å². The van der Waals surface area contributed by atoms with E-state index >= 15 is 0 Å². The fraction of sp³-hybridized carbons (Fsp3) is 0.438. The normalized spacial score (nSPS) is 10.2. The number of halogens is 1. The number of likely N-dealkylation sites (N-methyl/N-ethyl adjacent to an activating group) is 2. The molecule has 1 rings (SSSR count). The number of amides is 1. The third-order valence-corrected chi connectivity index (χ3v) is 3.09. The maximum absolute atomic E-state index is 14.0. The predicted molar refractivity (Wildman–Crippen MR) is 82.0 cm³/mol. The standard InChI is InChI=1S/C16H22FN3O/c1-4-20(12-16(21)19(2)3)11-14-8-7-13(6-5-9-18)10-15(14)17/h7-8,10H,4,9,11-12,18H2,1-3H3. The molecular formula is C16H22FN3O. The van der Waals surface area contributed by atoms with E-state index < -0.39 is 0 Å². The molecule has 21 heavy (non-hydrogen) atoms. The zero-order valence-corrected chi connectivity index (χ0v) is 12.8. The molecule has 114 valence electrons. The van der Waals surface area contributed by atoms with Crippen molar-refractivity contribution in [2.75, 3.05) is 33.7 Å². The summed E-state index contributed by atoms with van der Waals surface area (Å²) in [7, 11) is 3.42. The zero-order valence-electron chi connectivity index (χ0n) is 12.8. The fourth-order valence-electron chi connectivity index (χ4n) is 1.76. The first-order valence-corrected chi connectivity index (χ1v) is 6.87. The number of nitrogens with two attached hydrogens (primary N) is 1. The molecule has 0 aliphatic carbocycles. The Morgan fingerprint density at radius 3 is 2.62 bits per heavy atom. The predicted octanol–water partition coefficient (Wildman–Crippen LogP) is 1.05. The molecule has 2 N–H and O–H groups in total. The Labute approximate surface area is 125 Å². The molecule has 0 aliphatic rings. The molecule has 4 nitrogen and oxygen atoms in total. The van der Waals surface area contributed by atoms with Crippen molar-refractivity contribution in [2.24, 2.45) is 5.73 Å². The van der Waals surface area contributed by atoms with Crippen molar-refractivity contribution >= 4 is 5.91 Å². The van der Waals surface area contributed by atoms with Crippen LogP contribution >= 0.6 is 0 Å². The van der Waals surface area contributed by atoms with Gasteiger partial charge in [-0.05, 0) is 18.7 Å². The van der Waals surface area contributed by atoms with Crippen LogP contribution in [0, 0.1) is 17.7 Å². The van der Waals surface area contributed by atoms with Gasteiger partial charge in [-0.25, -0.2) is 4.39 Å². The lowest BCUT2D eigenvalue weighted by Crippen LogP contribution is -2.36. The lowest BCUT2D eigenvalue weighted by molar-refractivity contribution is -0.130. The monoisotopic (exact) mass is 291 g/mol. The number of carbonyl (C=O) groups excluding carboxylic acids is 1. The zero-order chi connectivity index (χ0) is 15.8. The van der Waals surface area contributed by atoms with Crippen molar-refractivity contribution in [1.29, 1.82) is 0 Å². The first kappa shape index (κ1) is 17.2. The second-order valence-electron chi connectivity index (χ2n) is 4.90. The molecule has 1 aromatic rings. The smallest absolute Gasteiger partial charge is 0.236 e. The summed E-state index contributed by atoms with van der Waals surface area (Å²) < 4.78 is 14.0.